The molecule has 0 unspecified atom stereocenters. The van der Waals surface area contributed by atoms with E-state index >= 15 is 0 Å². The molecule has 0 saturated heterocycles. The minimum atomic E-state index is -0.139. The second-order valence-electron chi connectivity index (χ2n) is 4.76. The van der Waals surface area contributed by atoms with Crippen molar-refractivity contribution in [3.05, 3.63) is 30.3 Å². The number of amides is 1. The maximum Gasteiger partial charge on any atom is 0.242 e. The fraction of sp³-hybridized carbons (Fsp3) is 0.467. The Morgan fingerprint density at radius 1 is 1.35 bits per heavy atom. The van der Waals surface area contributed by atoms with Gasteiger partial charge >= 0.3 is 0 Å². The summed E-state index contributed by atoms with van der Waals surface area (Å²) in [5.41, 5.74) is 0.715. The molecule has 0 heterocycles. The van der Waals surface area contributed by atoms with Crippen LogP contribution >= 0.6 is 0 Å². The fourth-order valence-corrected chi connectivity index (χ4v) is 1.91. The quantitative estimate of drug-likeness (QED) is 0.760. The highest BCUT2D eigenvalue weighted by Crippen LogP contribution is 2.13. The predicted molar refractivity (Wildman–Crippen MR) is 78.2 cm³/mol. The van der Waals surface area contributed by atoms with Gasteiger partial charge in [0.15, 0.2) is 0 Å². The van der Waals surface area contributed by atoms with Crippen molar-refractivity contribution in [3.8, 4) is 6.07 Å². The van der Waals surface area contributed by atoms with Crippen molar-refractivity contribution in [2.45, 2.75) is 19.9 Å². The number of rotatable bonds is 7. The van der Waals surface area contributed by atoms with E-state index < -0.39 is 0 Å². The van der Waals surface area contributed by atoms with Crippen LogP contribution in [0, 0.1) is 11.3 Å². The smallest absolute Gasteiger partial charge is 0.242 e. The van der Waals surface area contributed by atoms with Gasteiger partial charge in [0.05, 0.1) is 19.2 Å². The molecule has 0 aliphatic rings. The lowest BCUT2D eigenvalue weighted by Crippen LogP contribution is -2.44. The van der Waals surface area contributed by atoms with E-state index in [1.807, 2.05) is 43.0 Å². The number of hydrogen-bond acceptors (Lipinski definition) is 4. The standard InChI is InChI=1S/C15H21N3O2/c1-13(2)17(10-11-19)12-15(20)18(9-8-16)14-6-4-3-5-7-14/h3-7,13,19H,9-12H2,1-2H3. The maximum atomic E-state index is 12.4. The van der Waals surface area contributed by atoms with Gasteiger partial charge in [-0.05, 0) is 26.0 Å². The predicted octanol–water partition coefficient (Wildman–Crippen LogP) is 1.25. The fourth-order valence-electron chi connectivity index (χ4n) is 1.91. The second kappa shape index (κ2) is 8.31. The number of benzene rings is 1. The zero-order chi connectivity index (χ0) is 15.0. The first kappa shape index (κ1) is 16.2. The molecule has 0 radical (unpaired) electrons. The van der Waals surface area contributed by atoms with Crippen molar-refractivity contribution in [2.75, 3.05) is 31.1 Å². The average Bonchev–Trinajstić information content (AvgIpc) is 2.45. The molecular formula is C15H21N3O2. The summed E-state index contributed by atoms with van der Waals surface area (Å²) in [7, 11) is 0. The number of hydrogen-bond donors (Lipinski definition) is 1. The lowest BCUT2D eigenvalue weighted by molar-refractivity contribution is -0.120. The van der Waals surface area contributed by atoms with E-state index in [9.17, 15) is 4.79 Å². The van der Waals surface area contributed by atoms with Crippen LogP contribution in [0.15, 0.2) is 30.3 Å². The van der Waals surface area contributed by atoms with Gasteiger partial charge < -0.3 is 5.11 Å². The highest BCUT2D eigenvalue weighted by atomic mass is 16.3. The molecule has 1 amide bonds. The van der Waals surface area contributed by atoms with Crippen molar-refractivity contribution in [1.82, 2.24) is 4.90 Å². The van der Waals surface area contributed by atoms with Crippen LogP contribution < -0.4 is 4.90 Å². The molecule has 1 aromatic carbocycles. The summed E-state index contributed by atoms with van der Waals surface area (Å²) in [6.45, 7) is 4.61. The highest BCUT2D eigenvalue weighted by Gasteiger charge is 2.20. The molecule has 0 aliphatic carbocycles. The first-order chi connectivity index (χ1) is 9.60. The molecule has 1 aromatic rings. The number of nitriles is 1. The highest BCUT2D eigenvalue weighted by molar-refractivity contribution is 5.95. The molecule has 1 rings (SSSR count). The molecule has 20 heavy (non-hydrogen) atoms. The number of anilines is 1. The molecule has 0 fully saturated rings. The largest absolute Gasteiger partial charge is 0.395 e. The Hall–Kier alpha value is -1.90. The number of aliphatic hydroxyl groups excluding tert-OH is 1. The molecule has 0 aliphatic heterocycles. The van der Waals surface area contributed by atoms with E-state index in [0.29, 0.717) is 12.2 Å². The third-order valence-corrected chi connectivity index (χ3v) is 3.05. The summed E-state index contributed by atoms with van der Waals surface area (Å²) >= 11 is 0. The first-order valence-corrected chi connectivity index (χ1v) is 6.67. The van der Waals surface area contributed by atoms with Gasteiger partial charge in [0, 0.05) is 18.3 Å². The van der Waals surface area contributed by atoms with E-state index in [2.05, 4.69) is 0 Å². The number of nitrogens with zero attached hydrogens (tertiary/aromatic N) is 3. The third kappa shape index (κ3) is 4.65. The van der Waals surface area contributed by atoms with Crippen molar-refractivity contribution >= 4 is 11.6 Å². The number of aliphatic hydroxyl groups is 1. The molecule has 0 aromatic heterocycles. The number of carbonyl (C=O) groups excluding carboxylic acids is 1. The minimum absolute atomic E-state index is 0.00898. The van der Waals surface area contributed by atoms with Crippen molar-refractivity contribution in [1.29, 1.82) is 5.26 Å². The van der Waals surface area contributed by atoms with Crippen LogP contribution in [0.5, 0.6) is 0 Å². The summed E-state index contributed by atoms with van der Waals surface area (Å²) in [6, 6.07) is 11.3. The Labute approximate surface area is 120 Å². The van der Waals surface area contributed by atoms with Gasteiger partial charge in [-0.3, -0.25) is 14.6 Å². The topological polar surface area (TPSA) is 67.6 Å². The third-order valence-electron chi connectivity index (χ3n) is 3.05. The normalized spacial score (nSPS) is 10.6. The monoisotopic (exact) mass is 275 g/mol. The molecule has 1 N–H and O–H groups in total. The van der Waals surface area contributed by atoms with Gasteiger partial charge in [0.25, 0.3) is 0 Å². The lowest BCUT2D eigenvalue weighted by Gasteiger charge is -2.28. The van der Waals surface area contributed by atoms with E-state index in [4.69, 9.17) is 10.4 Å². The van der Waals surface area contributed by atoms with Gasteiger partial charge in [-0.2, -0.15) is 5.26 Å². The first-order valence-electron chi connectivity index (χ1n) is 6.67. The average molecular weight is 275 g/mol. The van der Waals surface area contributed by atoms with Gasteiger partial charge in [-0.1, -0.05) is 18.2 Å². The van der Waals surface area contributed by atoms with E-state index in [1.165, 1.54) is 4.90 Å². The van der Waals surface area contributed by atoms with Gasteiger partial charge in [-0.25, -0.2) is 0 Å². The lowest BCUT2D eigenvalue weighted by atomic mass is 10.2. The minimum Gasteiger partial charge on any atom is -0.395 e. The van der Waals surface area contributed by atoms with Crippen LogP contribution in [0.4, 0.5) is 5.69 Å². The molecule has 0 bridgehead atoms. The summed E-state index contributed by atoms with van der Waals surface area (Å²) in [4.78, 5) is 15.7. The van der Waals surface area contributed by atoms with Gasteiger partial charge in [0.2, 0.25) is 5.91 Å². The molecule has 0 saturated carbocycles. The molecule has 108 valence electrons. The second-order valence-corrected chi connectivity index (χ2v) is 4.76. The van der Waals surface area contributed by atoms with Crippen LogP contribution in [0.2, 0.25) is 0 Å². The van der Waals surface area contributed by atoms with Crippen LogP contribution in [0.1, 0.15) is 13.8 Å². The van der Waals surface area contributed by atoms with E-state index in [-0.39, 0.29) is 31.6 Å². The maximum absolute atomic E-state index is 12.4. The zero-order valence-corrected chi connectivity index (χ0v) is 12.0. The van der Waals surface area contributed by atoms with Crippen LogP contribution in [0.25, 0.3) is 0 Å². The Morgan fingerprint density at radius 3 is 2.50 bits per heavy atom. The van der Waals surface area contributed by atoms with Gasteiger partial charge in [0.1, 0.15) is 6.54 Å². The Kier molecular flexibility index (Phi) is 6.71. The Balaban J connectivity index is 2.82. The number of para-hydroxylation sites is 1. The summed E-state index contributed by atoms with van der Waals surface area (Å²) in [5.74, 6) is -0.139. The number of carbonyl (C=O) groups is 1. The van der Waals surface area contributed by atoms with Crippen molar-refractivity contribution in [2.24, 2.45) is 0 Å². The molecule has 5 heteroatoms. The summed E-state index contributed by atoms with van der Waals surface area (Å²) in [6.07, 6.45) is 0. The summed E-state index contributed by atoms with van der Waals surface area (Å²) in [5, 5.41) is 17.9. The van der Waals surface area contributed by atoms with E-state index in [0.717, 1.165) is 0 Å². The molecule has 5 nitrogen and oxygen atoms in total. The van der Waals surface area contributed by atoms with Crippen LogP contribution in [0.3, 0.4) is 0 Å². The van der Waals surface area contributed by atoms with E-state index in [1.54, 1.807) is 12.1 Å². The zero-order valence-electron chi connectivity index (χ0n) is 12.0. The van der Waals surface area contributed by atoms with Crippen molar-refractivity contribution in [3.63, 3.8) is 0 Å². The van der Waals surface area contributed by atoms with Gasteiger partial charge in [-0.15, -0.1) is 0 Å². The van der Waals surface area contributed by atoms with Crippen LogP contribution in [-0.2, 0) is 4.79 Å². The molecule has 0 atom stereocenters. The van der Waals surface area contributed by atoms with Crippen LogP contribution in [-0.4, -0.2) is 48.2 Å². The Bertz CT molecular complexity index is 454. The molecule has 0 spiro atoms. The summed E-state index contributed by atoms with van der Waals surface area (Å²) < 4.78 is 0. The SMILES string of the molecule is CC(C)N(CCO)CC(=O)N(CC#N)c1ccccc1. The van der Waals surface area contributed by atoms with Crippen molar-refractivity contribution < 1.29 is 9.90 Å². The Morgan fingerprint density at radius 2 is 2.00 bits per heavy atom. The molecular weight excluding hydrogens is 254 g/mol.